The second-order valence-corrected chi connectivity index (χ2v) is 11.5. The van der Waals surface area contributed by atoms with Crippen molar-refractivity contribution in [3.63, 3.8) is 0 Å². The van der Waals surface area contributed by atoms with Crippen LogP contribution in [0.4, 0.5) is 0 Å². The van der Waals surface area contributed by atoms with Crippen molar-refractivity contribution in [2.45, 2.75) is 46.4 Å². The van der Waals surface area contributed by atoms with Gasteiger partial charge in [-0.2, -0.15) is 0 Å². The summed E-state index contributed by atoms with van der Waals surface area (Å²) in [6.45, 7) is 7.33. The van der Waals surface area contributed by atoms with Crippen LogP contribution in [0.5, 0.6) is 17.2 Å². The smallest absolute Gasteiger partial charge is 0.295 e. The van der Waals surface area contributed by atoms with Gasteiger partial charge in [0.2, 0.25) is 0 Å². The summed E-state index contributed by atoms with van der Waals surface area (Å²) in [4.78, 5) is 32.7. The molecule has 45 heavy (non-hydrogen) atoms. The van der Waals surface area contributed by atoms with Crippen molar-refractivity contribution in [3.05, 3.63) is 125 Å². The molecule has 3 aromatic carbocycles. The number of carbonyl (C=O) groups is 2. The van der Waals surface area contributed by atoms with Gasteiger partial charge in [0.1, 0.15) is 18.1 Å². The highest BCUT2D eigenvalue weighted by Crippen LogP contribution is 2.43. The fraction of sp³-hybridized carbons (Fsp3) is 0.270. The van der Waals surface area contributed by atoms with E-state index in [1.807, 2.05) is 37.3 Å². The molecule has 8 nitrogen and oxygen atoms in total. The first-order valence-electron chi connectivity index (χ1n) is 15.0. The number of benzene rings is 3. The van der Waals surface area contributed by atoms with E-state index in [0.29, 0.717) is 47.5 Å². The predicted octanol–water partition coefficient (Wildman–Crippen LogP) is 7.02. The van der Waals surface area contributed by atoms with Crippen LogP contribution in [0.3, 0.4) is 0 Å². The van der Waals surface area contributed by atoms with E-state index in [1.165, 1.54) is 4.90 Å². The number of hydrogen-bond acceptors (Lipinski definition) is 7. The molecular weight excluding hydrogens is 568 g/mol. The largest absolute Gasteiger partial charge is 0.507 e. The predicted molar refractivity (Wildman–Crippen MR) is 172 cm³/mol. The van der Waals surface area contributed by atoms with Crippen LogP contribution in [0.25, 0.3) is 5.76 Å². The molecule has 1 saturated heterocycles. The molecule has 1 aromatic heterocycles. The van der Waals surface area contributed by atoms with Crippen LogP contribution in [0.2, 0.25) is 0 Å². The second kappa shape index (κ2) is 14.1. The van der Waals surface area contributed by atoms with Crippen LogP contribution in [-0.2, 0) is 22.7 Å². The van der Waals surface area contributed by atoms with E-state index in [4.69, 9.17) is 14.2 Å². The molecule has 1 aliphatic heterocycles. The van der Waals surface area contributed by atoms with Crippen LogP contribution in [0.1, 0.15) is 54.1 Å². The minimum Gasteiger partial charge on any atom is -0.507 e. The Kier molecular flexibility index (Phi) is 9.82. The highest BCUT2D eigenvalue weighted by molar-refractivity contribution is 6.46. The molecule has 0 saturated carbocycles. The summed E-state index contributed by atoms with van der Waals surface area (Å²) >= 11 is 0. The Morgan fingerprint density at radius 1 is 0.956 bits per heavy atom. The maximum atomic E-state index is 13.6. The number of pyridine rings is 1. The van der Waals surface area contributed by atoms with E-state index in [2.05, 4.69) is 18.8 Å². The number of ketones is 1. The number of aromatic nitrogens is 1. The van der Waals surface area contributed by atoms with E-state index >= 15 is 0 Å². The zero-order valence-electron chi connectivity index (χ0n) is 26.0. The van der Waals surface area contributed by atoms with Gasteiger partial charge < -0.3 is 24.2 Å². The maximum absolute atomic E-state index is 13.6. The van der Waals surface area contributed by atoms with Crippen molar-refractivity contribution in [1.29, 1.82) is 0 Å². The number of aryl methyl sites for hydroxylation is 1. The van der Waals surface area contributed by atoms with Gasteiger partial charge in [-0.3, -0.25) is 14.6 Å². The number of ether oxygens (including phenoxy) is 3. The Morgan fingerprint density at radius 3 is 2.42 bits per heavy atom. The molecule has 1 unspecified atom stereocenters. The summed E-state index contributed by atoms with van der Waals surface area (Å²) in [5.74, 6) is 0.383. The van der Waals surface area contributed by atoms with Crippen LogP contribution in [-0.4, -0.2) is 40.4 Å². The molecule has 1 N–H and O–H groups in total. The Labute approximate surface area is 263 Å². The molecule has 0 spiro atoms. The first-order valence-corrected chi connectivity index (χ1v) is 15.0. The number of nitrogens with zero attached hydrogens (tertiary/aromatic N) is 2. The molecule has 8 heteroatoms. The Morgan fingerprint density at radius 2 is 1.73 bits per heavy atom. The second-order valence-electron chi connectivity index (χ2n) is 11.5. The van der Waals surface area contributed by atoms with Gasteiger partial charge in [-0.15, -0.1) is 0 Å². The van der Waals surface area contributed by atoms with Crippen molar-refractivity contribution in [2.75, 3.05) is 13.7 Å². The summed E-state index contributed by atoms with van der Waals surface area (Å²) in [5.41, 5.74) is 3.95. The highest BCUT2D eigenvalue weighted by Gasteiger charge is 2.46. The third-order valence-corrected chi connectivity index (χ3v) is 7.86. The number of amides is 1. The number of rotatable bonds is 12. The first kappa shape index (κ1) is 31.3. The van der Waals surface area contributed by atoms with E-state index < -0.39 is 17.7 Å². The average Bonchev–Trinajstić information content (AvgIpc) is 3.29. The molecule has 1 amide bonds. The zero-order valence-corrected chi connectivity index (χ0v) is 26.0. The molecule has 4 aromatic rings. The minimum absolute atomic E-state index is 0.00648. The van der Waals surface area contributed by atoms with E-state index in [-0.39, 0.29) is 17.9 Å². The van der Waals surface area contributed by atoms with Gasteiger partial charge in [0.25, 0.3) is 11.7 Å². The standard InChI is InChI=1S/C37H38N2O6/c1-24(2)17-19-44-31-16-13-28(20-32(31)43-4)34-33(36(41)37(42)39(34)22-26-9-7-18-38-21-26)35(40)27-11-14-30(15-12-27)45-23-29-10-6-5-8-25(29)3/h5-16,18,20-21,24,34,40H,17,19,22-23H2,1-4H3/b35-33+. The molecule has 1 fully saturated rings. The summed E-state index contributed by atoms with van der Waals surface area (Å²) in [5, 5.41) is 11.6. The number of aliphatic hydroxyl groups excluding tert-OH is 1. The molecule has 0 radical (unpaired) electrons. The summed E-state index contributed by atoms with van der Waals surface area (Å²) in [6, 6.07) is 22.9. The lowest BCUT2D eigenvalue weighted by molar-refractivity contribution is -0.140. The topological polar surface area (TPSA) is 98.2 Å². The molecule has 0 bridgehead atoms. The molecule has 232 valence electrons. The summed E-state index contributed by atoms with van der Waals surface area (Å²) < 4.78 is 17.6. The number of Topliss-reactive ketones (excluding diaryl/α,β-unsaturated/α-hetero) is 1. The number of methoxy groups -OCH3 is 1. The summed E-state index contributed by atoms with van der Waals surface area (Å²) in [6.07, 6.45) is 4.18. The van der Waals surface area contributed by atoms with Crippen molar-refractivity contribution in [1.82, 2.24) is 9.88 Å². The monoisotopic (exact) mass is 606 g/mol. The SMILES string of the molecule is COc1cc(C2/C(=C(\O)c3ccc(OCc4ccccc4C)cc3)C(=O)C(=O)N2Cc2cccnc2)ccc1OCCC(C)C. The number of carbonyl (C=O) groups excluding carboxylic acids is 2. The molecular formula is C37H38N2O6. The number of hydrogen-bond donors (Lipinski definition) is 1. The lowest BCUT2D eigenvalue weighted by Crippen LogP contribution is -2.29. The summed E-state index contributed by atoms with van der Waals surface area (Å²) in [7, 11) is 1.55. The average molecular weight is 607 g/mol. The molecule has 2 heterocycles. The lowest BCUT2D eigenvalue weighted by atomic mass is 9.94. The fourth-order valence-corrected chi connectivity index (χ4v) is 5.25. The Balaban J connectivity index is 1.49. The van der Waals surface area contributed by atoms with E-state index in [1.54, 1.807) is 68.0 Å². The van der Waals surface area contributed by atoms with E-state index in [9.17, 15) is 14.7 Å². The van der Waals surface area contributed by atoms with Crippen molar-refractivity contribution < 1.29 is 28.9 Å². The van der Waals surface area contributed by atoms with Gasteiger partial charge in [-0.1, -0.05) is 50.2 Å². The van der Waals surface area contributed by atoms with Crippen LogP contribution in [0.15, 0.2) is 96.8 Å². The first-order chi connectivity index (χ1) is 21.8. The third kappa shape index (κ3) is 7.17. The van der Waals surface area contributed by atoms with Crippen LogP contribution >= 0.6 is 0 Å². The Bertz CT molecular complexity index is 1680. The quantitative estimate of drug-likeness (QED) is 0.105. The molecule has 0 aliphatic carbocycles. The highest BCUT2D eigenvalue weighted by atomic mass is 16.5. The van der Waals surface area contributed by atoms with Gasteiger partial charge in [0.15, 0.2) is 11.5 Å². The zero-order chi connectivity index (χ0) is 31.9. The maximum Gasteiger partial charge on any atom is 0.295 e. The van der Waals surface area contributed by atoms with Crippen molar-refractivity contribution in [3.8, 4) is 17.2 Å². The van der Waals surface area contributed by atoms with Crippen LogP contribution < -0.4 is 14.2 Å². The fourth-order valence-electron chi connectivity index (χ4n) is 5.25. The molecule has 5 rings (SSSR count). The van der Waals surface area contributed by atoms with Gasteiger partial charge in [-0.25, -0.2) is 0 Å². The van der Waals surface area contributed by atoms with Gasteiger partial charge in [0.05, 0.1) is 25.3 Å². The lowest BCUT2D eigenvalue weighted by Gasteiger charge is -2.26. The van der Waals surface area contributed by atoms with Gasteiger partial charge in [0, 0.05) is 24.5 Å². The number of aliphatic hydroxyl groups is 1. The van der Waals surface area contributed by atoms with Crippen LogP contribution in [0, 0.1) is 12.8 Å². The normalized spacial score (nSPS) is 15.8. The minimum atomic E-state index is -0.874. The van der Waals surface area contributed by atoms with E-state index in [0.717, 1.165) is 23.1 Å². The van der Waals surface area contributed by atoms with Crippen molar-refractivity contribution in [2.24, 2.45) is 5.92 Å². The molecule has 1 atom stereocenters. The molecule has 1 aliphatic rings. The third-order valence-electron chi connectivity index (χ3n) is 7.86. The van der Waals surface area contributed by atoms with Crippen molar-refractivity contribution >= 4 is 17.4 Å². The van der Waals surface area contributed by atoms with Gasteiger partial charge in [-0.05, 0) is 84.0 Å². The van der Waals surface area contributed by atoms with Gasteiger partial charge >= 0.3 is 0 Å². The Hall–Kier alpha value is -5.11. The number of likely N-dealkylation sites (tertiary alicyclic amines) is 1.